The lowest BCUT2D eigenvalue weighted by Crippen LogP contribution is -1.98. The average molecular weight is 162 g/mol. The van der Waals surface area contributed by atoms with E-state index in [2.05, 4.69) is 11.9 Å². The van der Waals surface area contributed by atoms with E-state index in [1.165, 1.54) is 0 Å². The molecule has 2 nitrogen and oxygen atoms in total. The van der Waals surface area contributed by atoms with Gasteiger partial charge in [-0.3, -0.25) is 4.98 Å². The zero-order valence-electron chi connectivity index (χ0n) is 6.94. The Kier molecular flexibility index (Phi) is 3.45. The van der Waals surface area contributed by atoms with Crippen molar-refractivity contribution in [1.29, 1.82) is 0 Å². The summed E-state index contributed by atoms with van der Waals surface area (Å²) in [5.41, 5.74) is 1.16. The van der Waals surface area contributed by atoms with E-state index < -0.39 is 0 Å². The lowest BCUT2D eigenvalue weighted by Gasteiger charge is -2.01. The topological polar surface area (TPSA) is 30.0 Å². The molecule has 0 aromatic carbocycles. The maximum Gasteiger partial charge on any atom is 0.123 e. The number of aryl methyl sites for hydroxylation is 1. The molecule has 0 aliphatic heterocycles. The Labute approximate surface area is 72.6 Å². The highest BCUT2D eigenvalue weighted by molar-refractivity contribution is 5.54. The van der Waals surface area contributed by atoms with Crippen LogP contribution in [0.15, 0.2) is 24.5 Å². The van der Waals surface area contributed by atoms with Crippen molar-refractivity contribution in [2.75, 3.05) is 0 Å². The number of carbonyl (C=O) groups is 1. The molecule has 1 aromatic rings. The van der Waals surface area contributed by atoms with E-state index in [-0.39, 0.29) is 5.92 Å². The molecule has 0 amide bonds. The molecule has 0 spiro atoms. The number of hydrogen-bond acceptors (Lipinski definition) is 2. The smallest absolute Gasteiger partial charge is 0.123 e. The first kappa shape index (κ1) is 8.91. The van der Waals surface area contributed by atoms with E-state index in [1.807, 2.05) is 18.3 Å². The predicted molar refractivity (Wildman–Crippen MR) is 47.5 cm³/mol. The van der Waals surface area contributed by atoms with Crippen LogP contribution in [0.1, 0.15) is 12.0 Å². The highest BCUT2D eigenvalue weighted by Crippen LogP contribution is 2.05. The number of aromatic nitrogens is 1. The van der Waals surface area contributed by atoms with Crippen LogP contribution in [0.25, 0.3) is 0 Å². The summed E-state index contributed by atoms with van der Waals surface area (Å²) < 4.78 is 0. The Morgan fingerprint density at radius 1 is 1.67 bits per heavy atom. The van der Waals surface area contributed by atoms with Gasteiger partial charge in [0.15, 0.2) is 0 Å². The van der Waals surface area contributed by atoms with E-state index in [9.17, 15) is 4.79 Å². The van der Waals surface area contributed by atoms with Gasteiger partial charge >= 0.3 is 0 Å². The first-order chi connectivity index (χ1) is 5.83. The lowest BCUT2D eigenvalue weighted by molar-refractivity contribution is -0.110. The van der Waals surface area contributed by atoms with Crippen molar-refractivity contribution in [3.63, 3.8) is 0 Å². The Morgan fingerprint density at radius 3 is 3.08 bits per heavy atom. The third-order valence-electron chi connectivity index (χ3n) is 1.72. The number of pyridine rings is 1. The molecule has 1 radical (unpaired) electrons. The second kappa shape index (κ2) is 4.65. The highest BCUT2D eigenvalue weighted by Gasteiger charge is 1.99. The first-order valence-electron chi connectivity index (χ1n) is 4.00. The monoisotopic (exact) mass is 162 g/mol. The van der Waals surface area contributed by atoms with Crippen LogP contribution in [0.3, 0.4) is 0 Å². The molecule has 1 rings (SSSR count). The maximum atomic E-state index is 10.2. The van der Waals surface area contributed by atoms with Crippen molar-refractivity contribution < 1.29 is 4.79 Å². The molecular formula is C10H12NO. The molecule has 0 aliphatic rings. The van der Waals surface area contributed by atoms with Gasteiger partial charge in [0.1, 0.15) is 6.29 Å². The first-order valence-corrected chi connectivity index (χ1v) is 4.00. The normalized spacial score (nSPS) is 12.4. The van der Waals surface area contributed by atoms with Crippen LogP contribution in [0.2, 0.25) is 0 Å². The van der Waals surface area contributed by atoms with Gasteiger partial charge in [-0.05, 0) is 31.4 Å². The summed E-state index contributed by atoms with van der Waals surface area (Å²) in [7, 11) is 0. The Balaban J connectivity index is 2.38. The fraction of sp³-hybridized carbons (Fsp3) is 0.300. The summed E-state index contributed by atoms with van der Waals surface area (Å²) in [5, 5.41) is 0. The molecule has 1 aromatic heterocycles. The molecule has 0 bridgehead atoms. The van der Waals surface area contributed by atoms with Crippen LogP contribution < -0.4 is 0 Å². The van der Waals surface area contributed by atoms with Crippen LogP contribution >= 0.6 is 0 Å². The van der Waals surface area contributed by atoms with E-state index in [1.54, 1.807) is 6.20 Å². The third kappa shape index (κ3) is 2.82. The molecule has 12 heavy (non-hydrogen) atoms. The molecule has 0 N–H and O–H groups in total. The van der Waals surface area contributed by atoms with Crippen molar-refractivity contribution in [1.82, 2.24) is 4.98 Å². The Morgan fingerprint density at radius 2 is 2.50 bits per heavy atom. The van der Waals surface area contributed by atoms with Gasteiger partial charge in [0.25, 0.3) is 0 Å². The third-order valence-corrected chi connectivity index (χ3v) is 1.72. The van der Waals surface area contributed by atoms with E-state index in [0.717, 1.165) is 24.7 Å². The van der Waals surface area contributed by atoms with Gasteiger partial charge in [0.2, 0.25) is 0 Å². The van der Waals surface area contributed by atoms with Crippen LogP contribution in [-0.4, -0.2) is 11.3 Å². The molecule has 63 valence electrons. The Hall–Kier alpha value is -1.18. The summed E-state index contributed by atoms with van der Waals surface area (Å²) in [6.45, 7) is 3.68. The van der Waals surface area contributed by atoms with Crippen LogP contribution in [0, 0.1) is 12.8 Å². The standard InChI is InChI=1S/C10H12NO/c1-9(8-12)4-5-10-3-2-6-11-7-10/h2-3,6-9H,1,4-5H2. The van der Waals surface area contributed by atoms with Crippen molar-refractivity contribution in [2.24, 2.45) is 5.92 Å². The molecule has 0 saturated heterocycles. The van der Waals surface area contributed by atoms with Crippen molar-refractivity contribution in [3.8, 4) is 0 Å². The molecule has 0 saturated carbocycles. The quantitative estimate of drug-likeness (QED) is 0.630. The van der Waals surface area contributed by atoms with Gasteiger partial charge in [0, 0.05) is 18.3 Å². The average Bonchev–Trinajstić information content (AvgIpc) is 2.16. The zero-order valence-corrected chi connectivity index (χ0v) is 6.94. The molecule has 1 atom stereocenters. The minimum Gasteiger partial charge on any atom is -0.303 e. The lowest BCUT2D eigenvalue weighted by atomic mass is 10.0. The number of aldehydes is 1. The van der Waals surface area contributed by atoms with E-state index in [0.29, 0.717) is 0 Å². The fourth-order valence-corrected chi connectivity index (χ4v) is 0.966. The molecule has 0 aliphatic carbocycles. The van der Waals surface area contributed by atoms with Gasteiger partial charge in [-0.15, -0.1) is 0 Å². The van der Waals surface area contributed by atoms with Gasteiger partial charge in [0.05, 0.1) is 0 Å². The predicted octanol–water partition coefficient (Wildman–Crippen LogP) is 1.66. The summed E-state index contributed by atoms with van der Waals surface area (Å²) in [6.07, 6.45) is 6.12. The molecule has 2 heteroatoms. The van der Waals surface area contributed by atoms with Crippen LogP contribution in [0.4, 0.5) is 0 Å². The number of carbonyl (C=O) groups excluding carboxylic acids is 1. The van der Waals surface area contributed by atoms with Crippen molar-refractivity contribution >= 4 is 6.29 Å². The van der Waals surface area contributed by atoms with Crippen LogP contribution in [-0.2, 0) is 11.2 Å². The number of hydrogen-bond donors (Lipinski definition) is 0. The van der Waals surface area contributed by atoms with E-state index in [4.69, 9.17) is 0 Å². The molecule has 0 fully saturated rings. The highest BCUT2D eigenvalue weighted by atomic mass is 16.1. The minimum atomic E-state index is -0.0924. The SMILES string of the molecule is [CH2]C(C=O)CCc1cccnc1. The molecular weight excluding hydrogens is 150 g/mol. The van der Waals surface area contributed by atoms with Crippen molar-refractivity contribution in [2.45, 2.75) is 12.8 Å². The van der Waals surface area contributed by atoms with Gasteiger partial charge < -0.3 is 4.79 Å². The van der Waals surface area contributed by atoms with Gasteiger partial charge in [-0.1, -0.05) is 6.07 Å². The molecule has 1 unspecified atom stereocenters. The number of nitrogens with zero attached hydrogens (tertiary/aromatic N) is 1. The summed E-state index contributed by atoms with van der Waals surface area (Å²) in [4.78, 5) is 14.2. The van der Waals surface area contributed by atoms with Gasteiger partial charge in [-0.25, -0.2) is 0 Å². The summed E-state index contributed by atoms with van der Waals surface area (Å²) >= 11 is 0. The fourth-order valence-electron chi connectivity index (χ4n) is 0.966. The Bertz CT molecular complexity index is 233. The largest absolute Gasteiger partial charge is 0.303 e. The second-order valence-corrected chi connectivity index (χ2v) is 2.80. The maximum absolute atomic E-state index is 10.2. The summed E-state index contributed by atoms with van der Waals surface area (Å²) in [5.74, 6) is -0.0924. The second-order valence-electron chi connectivity index (χ2n) is 2.80. The van der Waals surface area contributed by atoms with Crippen LogP contribution in [0.5, 0.6) is 0 Å². The van der Waals surface area contributed by atoms with Crippen molar-refractivity contribution in [3.05, 3.63) is 37.0 Å². The van der Waals surface area contributed by atoms with E-state index >= 15 is 0 Å². The number of rotatable bonds is 4. The summed E-state index contributed by atoms with van der Waals surface area (Å²) in [6, 6.07) is 3.90. The minimum absolute atomic E-state index is 0.0924. The van der Waals surface area contributed by atoms with Gasteiger partial charge in [-0.2, -0.15) is 0 Å². The molecule has 1 heterocycles. The zero-order chi connectivity index (χ0) is 8.81.